The topological polar surface area (TPSA) is 162 Å². The summed E-state index contributed by atoms with van der Waals surface area (Å²) in [6, 6.07) is 7.87. The summed E-state index contributed by atoms with van der Waals surface area (Å²) in [6.07, 6.45) is 0. The smallest absolute Gasteiger partial charge is 0.289 e. The van der Waals surface area contributed by atoms with Gasteiger partial charge in [0.05, 0.1) is 20.4 Å². The van der Waals surface area contributed by atoms with Crippen LogP contribution in [-0.4, -0.2) is 26.9 Å². The number of nitro benzene ring substituents is 1. The van der Waals surface area contributed by atoms with Crippen LogP contribution in [0.4, 0.5) is 17.3 Å². The molecule has 11 nitrogen and oxygen atoms in total. The predicted molar refractivity (Wildman–Crippen MR) is 112 cm³/mol. The van der Waals surface area contributed by atoms with Crippen molar-refractivity contribution in [2.75, 3.05) is 9.44 Å². The molecular formula is C17H15ClN4O7S2. The molecule has 0 saturated carbocycles. The van der Waals surface area contributed by atoms with Gasteiger partial charge in [0, 0.05) is 17.3 Å². The van der Waals surface area contributed by atoms with Crippen LogP contribution in [0.5, 0.6) is 0 Å². The number of aromatic nitrogens is 1. The number of nitrogens with one attached hydrogen (secondary N) is 2. The highest BCUT2D eigenvalue weighted by molar-refractivity contribution is 7.93. The monoisotopic (exact) mass is 486 g/mol. The van der Waals surface area contributed by atoms with Gasteiger partial charge in [-0.1, -0.05) is 16.8 Å². The lowest BCUT2D eigenvalue weighted by Gasteiger charge is -2.10. The van der Waals surface area contributed by atoms with Crippen molar-refractivity contribution < 1.29 is 26.3 Å². The van der Waals surface area contributed by atoms with Crippen LogP contribution in [0.25, 0.3) is 0 Å². The molecule has 3 aromatic rings. The summed E-state index contributed by atoms with van der Waals surface area (Å²) in [4.78, 5) is 9.65. The molecule has 0 saturated heterocycles. The first-order valence-corrected chi connectivity index (χ1v) is 11.8. The molecule has 0 aliphatic carbocycles. The minimum atomic E-state index is -4.19. The highest BCUT2D eigenvalue weighted by Gasteiger charge is 2.22. The molecule has 164 valence electrons. The molecule has 0 aliphatic heterocycles. The van der Waals surface area contributed by atoms with Crippen molar-refractivity contribution in [1.82, 2.24) is 5.16 Å². The molecule has 0 amide bonds. The molecule has 2 aromatic carbocycles. The third kappa shape index (κ3) is 4.78. The highest BCUT2D eigenvalue weighted by Crippen LogP contribution is 2.28. The molecule has 0 bridgehead atoms. The summed E-state index contributed by atoms with van der Waals surface area (Å²) in [5.41, 5.74) is 0.549. The molecule has 0 radical (unpaired) electrons. The van der Waals surface area contributed by atoms with Gasteiger partial charge in [-0.05, 0) is 50.2 Å². The largest absolute Gasteiger partial charge is 0.337 e. The molecule has 2 N–H and O–H groups in total. The molecule has 0 spiro atoms. The number of anilines is 2. The van der Waals surface area contributed by atoms with E-state index in [9.17, 15) is 26.9 Å². The van der Waals surface area contributed by atoms with Gasteiger partial charge in [-0.25, -0.2) is 21.6 Å². The van der Waals surface area contributed by atoms with E-state index < -0.39 is 30.7 Å². The van der Waals surface area contributed by atoms with Gasteiger partial charge in [0.1, 0.15) is 5.02 Å². The Morgan fingerprint density at radius 2 is 1.55 bits per heavy atom. The number of aryl methyl sites for hydroxylation is 1. The van der Waals surface area contributed by atoms with Crippen molar-refractivity contribution >= 4 is 48.9 Å². The Morgan fingerprint density at radius 1 is 0.968 bits per heavy atom. The van der Waals surface area contributed by atoms with Gasteiger partial charge in [0.25, 0.3) is 25.7 Å². The maximum Gasteiger partial charge on any atom is 0.289 e. The zero-order valence-corrected chi connectivity index (χ0v) is 18.4. The van der Waals surface area contributed by atoms with E-state index in [1.54, 1.807) is 13.8 Å². The first-order valence-electron chi connectivity index (χ1n) is 8.43. The Bertz CT molecular complexity index is 1370. The number of hydrogen-bond donors (Lipinski definition) is 2. The van der Waals surface area contributed by atoms with E-state index >= 15 is 0 Å². The van der Waals surface area contributed by atoms with E-state index in [-0.39, 0.29) is 26.4 Å². The first kappa shape index (κ1) is 22.5. The summed E-state index contributed by atoms with van der Waals surface area (Å²) in [5, 5.41) is 14.4. The molecular weight excluding hydrogens is 472 g/mol. The van der Waals surface area contributed by atoms with E-state index in [1.165, 1.54) is 24.3 Å². The van der Waals surface area contributed by atoms with Gasteiger partial charge in [-0.15, -0.1) is 0 Å². The minimum Gasteiger partial charge on any atom is -0.337 e. The summed E-state index contributed by atoms with van der Waals surface area (Å²) in [7, 11) is -8.19. The Morgan fingerprint density at radius 3 is 2.10 bits per heavy atom. The highest BCUT2D eigenvalue weighted by atomic mass is 35.5. The lowest BCUT2D eigenvalue weighted by Crippen LogP contribution is -2.15. The number of sulfonamides is 2. The number of rotatable bonds is 7. The molecule has 0 fully saturated rings. The fourth-order valence-corrected chi connectivity index (χ4v) is 4.72. The van der Waals surface area contributed by atoms with Crippen molar-refractivity contribution in [2.24, 2.45) is 0 Å². The number of halogens is 1. The predicted octanol–water partition coefficient (Wildman–Crippen LogP) is 3.45. The summed E-state index contributed by atoms with van der Waals surface area (Å²) < 4.78 is 59.5. The second-order valence-corrected chi connectivity index (χ2v) is 10.1. The zero-order chi connectivity index (χ0) is 23.0. The molecule has 1 aromatic heterocycles. The number of benzene rings is 2. The van der Waals surface area contributed by atoms with E-state index in [0.717, 1.165) is 18.2 Å². The van der Waals surface area contributed by atoms with E-state index in [0.29, 0.717) is 11.3 Å². The molecule has 0 aliphatic rings. The van der Waals surface area contributed by atoms with Crippen molar-refractivity contribution in [3.63, 3.8) is 0 Å². The maximum absolute atomic E-state index is 12.5. The molecule has 0 atom stereocenters. The minimum absolute atomic E-state index is 0.0217. The average molecular weight is 487 g/mol. The van der Waals surface area contributed by atoms with Crippen molar-refractivity contribution in [2.45, 2.75) is 23.6 Å². The second kappa shape index (κ2) is 8.17. The third-order valence-corrected chi connectivity index (χ3v) is 7.27. The summed E-state index contributed by atoms with van der Waals surface area (Å²) >= 11 is 5.70. The molecule has 0 unspecified atom stereocenters. The van der Waals surface area contributed by atoms with Crippen LogP contribution in [0.3, 0.4) is 0 Å². The number of hydrogen-bond acceptors (Lipinski definition) is 8. The SMILES string of the molecule is Cc1noc(NS(=O)(=O)c2ccc(NS(=O)(=O)c3ccc(Cl)c([N+](=O)[O-])c3)cc2)c1C. The third-order valence-electron chi connectivity index (χ3n) is 4.23. The van der Waals surface area contributed by atoms with Crippen LogP contribution in [0, 0.1) is 24.0 Å². The molecule has 1 heterocycles. The maximum atomic E-state index is 12.5. The second-order valence-electron chi connectivity index (χ2n) is 6.33. The molecule has 31 heavy (non-hydrogen) atoms. The van der Waals surface area contributed by atoms with Crippen molar-refractivity contribution in [3.8, 4) is 0 Å². The van der Waals surface area contributed by atoms with Crippen LogP contribution in [-0.2, 0) is 20.0 Å². The van der Waals surface area contributed by atoms with Crippen LogP contribution in [0.1, 0.15) is 11.3 Å². The fourth-order valence-electron chi connectivity index (χ4n) is 2.41. The molecule has 14 heteroatoms. The van der Waals surface area contributed by atoms with Crippen LogP contribution in [0.15, 0.2) is 56.8 Å². The lowest BCUT2D eigenvalue weighted by molar-refractivity contribution is -0.384. The van der Waals surface area contributed by atoms with Gasteiger partial charge in [0.2, 0.25) is 5.88 Å². The molecule has 3 rings (SSSR count). The van der Waals surface area contributed by atoms with Crippen LogP contribution >= 0.6 is 11.6 Å². The van der Waals surface area contributed by atoms with Gasteiger partial charge in [0.15, 0.2) is 0 Å². The van der Waals surface area contributed by atoms with Gasteiger partial charge >= 0.3 is 0 Å². The Balaban J connectivity index is 1.82. The fraction of sp³-hybridized carbons (Fsp3) is 0.118. The Kier molecular flexibility index (Phi) is 5.93. The number of nitrogens with zero attached hydrogens (tertiary/aromatic N) is 2. The van der Waals surface area contributed by atoms with E-state index in [1.807, 2.05) is 0 Å². The van der Waals surface area contributed by atoms with Crippen molar-refractivity contribution in [1.29, 1.82) is 0 Å². The standard InChI is InChI=1S/C17H15ClN4O7S2/c1-10-11(2)19-29-17(10)21-30(25,26)13-5-3-12(4-6-13)20-31(27,28)14-7-8-15(18)16(9-14)22(23)24/h3-9,20-21H,1-2H3. The Labute approximate surface area is 182 Å². The van der Waals surface area contributed by atoms with Crippen molar-refractivity contribution in [3.05, 3.63) is 68.9 Å². The normalized spacial score (nSPS) is 11.8. The van der Waals surface area contributed by atoms with Gasteiger partial charge in [-0.2, -0.15) is 0 Å². The lowest BCUT2D eigenvalue weighted by atomic mass is 10.3. The zero-order valence-electron chi connectivity index (χ0n) is 16.0. The summed E-state index contributed by atoms with van der Waals surface area (Å²) in [6.45, 7) is 3.30. The van der Waals surface area contributed by atoms with Crippen LogP contribution < -0.4 is 9.44 Å². The summed E-state index contributed by atoms with van der Waals surface area (Å²) in [5.74, 6) is -0.0217. The van der Waals surface area contributed by atoms with Gasteiger partial charge < -0.3 is 4.52 Å². The number of nitro groups is 1. The first-order chi connectivity index (χ1) is 14.4. The van der Waals surface area contributed by atoms with E-state index in [2.05, 4.69) is 14.6 Å². The van der Waals surface area contributed by atoms with Crippen LogP contribution in [0.2, 0.25) is 5.02 Å². The van der Waals surface area contributed by atoms with Gasteiger partial charge in [-0.3, -0.25) is 14.8 Å². The average Bonchev–Trinajstić information content (AvgIpc) is 2.99. The Hall–Kier alpha value is -3.16. The quantitative estimate of drug-likeness (QED) is 0.379. The van der Waals surface area contributed by atoms with E-state index in [4.69, 9.17) is 16.1 Å².